The average Bonchev–Trinajstić information content (AvgIpc) is 2.60. The van der Waals surface area contributed by atoms with Gasteiger partial charge in [-0.2, -0.15) is 0 Å². The number of anilines is 1. The van der Waals surface area contributed by atoms with E-state index in [0.29, 0.717) is 18.2 Å². The topological polar surface area (TPSA) is 45.2 Å². The summed E-state index contributed by atoms with van der Waals surface area (Å²) in [5.41, 5.74) is 1.85. The Morgan fingerprint density at radius 1 is 1.17 bits per heavy atom. The summed E-state index contributed by atoms with van der Waals surface area (Å²) in [6, 6.07) is 14.4. The van der Waals surface area contributed by atoms with Gasteiger partial charge >= 0.3 is 0 Å². The predicted molar refractivity (Wildman–Crippen MR) is 99.2 cm³/mol. The van der Waals surface area contributed by atoms with Gasteiger partial charge in [0.2, 0.25) is 0 Å². The molecule has 0 aliphatic carbocycles. The second kappa shape index (κ2) is 9.06. The van der Waals surface area contributed by atoms with Crippen LogP contribution < -0.4 is 10.2 Å². The summed E-state index contributed by atoms with van der Waals surface area (Å²) in [5.74, 6) is 0.834. The minimum Gasteiger partial charge on any atom is -0.352 e. The van der Waals surface area contributed by atoms with Crippen molar-refractivity contribution in [1.82, 2.24) is 10.3 Å². The van der Waals surface area contributed by atoms with Gasteiger partial charge in [0.1, 0.15) is 5.82 Å². The van der Waals surface area contributed by atoms with Crippen molar-refractivity contribution in [3.8, 4) is 0 Å². The zero-order chi connectivity index (χ0) is 17.4. The molecule has 1 aromatic heterocycles. The van der Waals surface area contributed by atoms with E-state index < -0.39 is 0 Å². The maximum Gasteiger partial charge on any atom is 0.252 e. The molecule has 0 aliphatic heterocycles. The lowest BCUT2D eigenvalue weighted by atomic mass is 10.2. The highest BCUT2D eigenvalue weighted by atomic mass is 16.1. The number of carbonyl (C=O) groups is 1. The lowest BCUT2D eigenvalue weighted by molar-refractivity contribution is 0.0953. The number of nitrogens with zero attached hydrogens (tertiary/aromatic N) is 2. The number of unbranched alkanes of at least 4 members (excludes halogenated alkanes) is 1. The van der Waals surface area contributed by atoms with E-state index in [9.17, 15) is 4.79 Å². The van der Waals surface area contributed by atoms with Crippen LogP contribution in [0.15, 0.2) is 48.7 Å². The molecule has 0 spiro atoms. The number of carbonyl (C=O) groups excluding carboxylic acids is 1. The van der Waals surface area contributed by atoms with E-state index in [-0.39, 0.29) is 5.91 Å². The summed E-state index contributed by atoms with van der Waals surface area (Å²) in [7, 11) is 0. The highest BCUT2D eigenvalue weighted by molar-refractivity contribution is 5.94. The summed E-state index contributed by atoms with van der Waals surface area (Å²) >= 11 is 0. The van der Waals surface area contributed by atoms with Crippen molar-refractivity contribution in [1.29, 1.82) is 0 Å². The van der Waals surface area contributed by atoms with E-state index in [1.807, 2.05) is 30.3 Å². The molecule has 1 amide bonds. The van der Waals surface area contributed by atoms with Gasteiger partial charge in [-0.25, -0.2) is 4.98 Å². The highest BCUT2D eigenvalue weighted by Gasteiger charge is 2.13. The first kappa shape index (κ1) is 18.0. The lowest BCUT2D eigenvalue weighted by Crippen LogP contribution is -2.31. The maximum absolute atomic E-state index is 12.1. The first-order chi connectivity index (χ1) is 11.6. The van der Waals surface area contributed by atoms with Gasteiger partial charge < -0.3 is 10.2 Å². The highest BCUT2D eigenvalue weighted by Crippen LogP contribution is 2.18. The number of hydrogen-bond acceptors (Lipinski definition) is 3. The first-order valence-corrected chi connectivity index (χ1v) is 8.66. The molecule has 24 heavy (non-hydrogen) atoms. The zero-order valence-electron chi connectivity index (χ0n) is 14.8. The molecule has 1 heterocycles. The standard InChI is InChI=1S/C20H27N3O/c1-4-5-13-21-20(24)18-11-12-19(22-14-18)23(16(2)3)15-17-9-7-6-8-10-17/h6-12,14,16H,4-5,13,15H2,1-3H3,(H,21,24). The molecule has 0 bridgehead atoms. The number of amides is 1. The van der Waals surface area contributed by atoms with Crippen LogP contribution in [0.1, 0.15) is 49.5 Å². The molecule has 2 aromatic rings. The molecule has 0 atom stereocenters. The second-order valence-corrected chi connectivity index (χ2v) is 6.22. The summed E-state index contributed by atoms with van der Waals surface area (Å²) in [5, 5.41) is 2.92. The first-order valence-electron chi connectivity index (χ1n) is 8.66. The molecule has 4 heteroatoms. The Hall–Kier alpha value is -2.36. The number of pyridine rings is 1. The van der Waals surface area contributed by atoms with Crippen LogP contribution >= 0.6 is 0 Å². The Labute approximate surface area is 144 Å². The van der Waals surface area contributed by atoms with Gasteiger partial charge in [-0.05, 0) is 38.0 Å². The van der Waals surface area contributed by atoms with Crippen LogP contribution in [0.2, 0.25) is 0 Å². The van der Waals surface area contributed by atoms with Gasteiger partial charge in [0.05, 0.1) is 5.56 Å². The Morgan fingerprint density at radius 2 is 1.92 bits per heavy atom. The van der Waals surface area contributed by atoms with Gasteiger partial charge in [0.15, 0.2) is 0 Å². The van der Waals surface area contributed by atoms with E-state index in [2.05, 4.69) is 48.1 Å². The number of nitrogens with one attached hydrogen (secondary N) is 1. The monoisotopic (exact) mass is 325 g/mol. The third-order valence-corrected chi connectivity index (χ3v) is 3.94. The maximum atomic E-state index is 12.1. The number of aromatic nitrogens is 1. The molecule has 2 rings (SSSR count). The molecule has 0 saturated heterocycles. The fourth-order valence-electron chi connectivity index (χ4n) is 2.48. The van der Waals surface area contributed by atoms with Crippen LogP contribution in [-0.2, 0) is 6.54 Å². The number of benzene rings is 1. The third kappa shape index (κ3) is 5.08. The van der Waals surface area contributed by atoms with Crippen molar-refractivity contribution in [3.63, 3.8) is 0 Å². The van der Waals surface area contributed by atoms with Crippen molar-refractivity contribution in [2.45, 2.75) is 46.2 Å². The van der Waals surface area contributed by atoms with Crippen LogP contribution in [0.3, 0.4) is 0 Å². The van der Waals surface area contributed by atoms with Crippen molar-refractivity contribution < 1.29 is 4.79 Å². The average molecular weight is 325 g/mol. The Bertz CT molecular complexity index is 623. The van der Waals surface area contributed by atoms with E-state index in [0.717, 1.165) is 25.2 Å². The van der Waals surface area contributed by atoms with E-state index >= 15 is 0 Å². The molecule has 0 radical (unpaired) electrons. The summed E-state index contributed by atoms with van der Waals surface area (Å²) in [4.78, 5) is 18.8. The summed E-state index contributed by atoms with van der Waals surface area (Å²) < 4.78 is 0. The molecular weight excluding hydrogens is 298 g/mol. The minimum atomic E-state index is -0.0540. The molecule has 1 aromatic carbocycles. The summed E-state index contributed by atoms with van der Waals surface area (Å²) in [6.07, 6.45) is 3.73. The van der Waals surface area contributed by atoms with Gasteiger partial charge in [0, 0.05) is 25.3 Å². The van der Waals surface area contributed by atoms with Gasteiger partial charge in [-0.3, -0.25) is 4.79 Å². The number of hydrogen-bond donors (Lipinski definition) is 1. The smallest absolute Gasteiger partial charge is 0.252 e. The van der Waals surface area contributed by atoms with E-state index in [4.69, 9.17) is 0 Å². The van der Waals surface area contributed by atoms with Gasteiger partial charge in [0.25, 0.3) is 5.91 Å². The van der Waals surface area contributed by atoms with Crippen LogP contribution in [0.5, 0.6) is 0 Å². The predicted octanol–water partition coefficient (Wildman–Crippen LogP) is 4.03. The van der Waals surface area contributed by atoms with Crippen molar-refractivity contribution >= 4 is 11.7 Å². The molecule has 0 aliphatic rings. The fraction of sp³-hybridized carbons (Fsp3) is 0.400. The fourth-order valence-corrected chi connectivity index (χ4v) is 2.48. The van der Waals surface area contributed by atoms with Crippen LogP contribution in [0.25, 0.3) is 0 Å². The normalized spacial score (nSPS) is 10.7. The van der Waals surface area contributed by atoms with E-state index in [1.165, 1.54) is 5.56 Å². The van der Waals surface area contributed by atoms with Crippen molar-refractivity contribution in [3.05, 3.63) is 59.8 Å². The van der Waals surface area contributed by atoms with Crippen LogP contribution in [0.4, 0.5) is 5.82 Å². The minimum absolute atomic E-state index is 0.0540. The summed E-state index contributed by atoms with van der Waals surface area (Å²) in [6.45, 7) is 7.92. The Balaban J connectivity index is 2.07. The lowest BCUT2D eigenvalue weighted by Gasteiger charge is -2.28. The van der Waals surface area contributed by atoms with E-state index in [1.54, 1.807) is 6.20 Å². The SMILES string of the molecule is CCCCNC(=O)c1ccc(N(Cc2ccccc2)C(C)C)nc1. The van der Waals surface area contributed by atoms with Crippen LogP contribution in [-0.4, -0.2) is 23.5 Å². The Morgan fingerprint density at radius 3 is 2.50 bits per heavy atom. The molecular formula is C20H27N3O. The Kier molecular flexibility index (Phi) is 6.79. The molecule has 4 nitrogen and oxygen atoms in total. The second-order valence-electron chi connectivity index (χ2n) is 6.22. The largest absolute Gasteiger partial charge is 0.352 e. The van der Waals surface area contributed by atoms with Crippen molar-refractivity contribution in [2.24, 2.45) is 0 Å². The van der Waals surface area contributed by atoms with Crippen molar-refractivity contribution in [2.75, 3.05) is 11.4 Å². The third-order valence-electron chi connectivity index (χ3n) is 3.94. The molecule has 128 valence electrons. The quantitative estimate of drug-likeness (QED) is 0.745. The molecule has 1 N–H and O–H groups in total. The van der Waals surface area contributed by atoms with Crippen LogP contribution in [0, 0.1) is 0 Å². The molecule has 0 unspecified atom stereocenters. The van der Waals surface area contributed by atoms with Gasteiger partial charge in [-0.1, -0.05) is 43.7 Å². The number of rotatable bonds is 8. The molecule has 0 saturated carbocycles. The van der Waals surface area contributed by atoms with Gasteiger partial charge in [-0.15, -0.1) is 0 Å². The molecule has 0 fully saturated rings. The zero-order valence-corrected chi connectivity index (χ0v) is 14.8.